The van der Waals surface area contributed by atoms with Crippen LogP contribution in [0.1, 0.15) is 43.1 Å². The van der Waals surface area contributed by atoms with Gasteiger partial charge in [0.05, 0.1) is 15.9 Å². The fourth-order valence-electron chi connectivity index (χ4n) is 2.31. The Balaban J connectivity index is 2.29. The summed E-state index contributed by atoms with van der Waals surface area (Å²) in [6.45, 7) is 0.591. The number of H-pyrrole nitrogens is 1. The summed E-state index contributed by atoms with van der Waals surface area (Å²) in [4.78, 5) is 19.3. The number of ether oxygens (including phenoxy) is 1. The van der Waals surface area contributed by atoms with Crippen molar-refractivity contribution in [2.24, 2.45) is 0 Å². The van der Waals surface area contributed by atoms with Crippen molar-refractivity contribution in [2.45, 2.75) is 38.0 Å². The molecule has 1 aromatic rings. The molecule has 0 bridgehead atoms. The summed E-state index contributed by atoms with van der Waals surface area (Å²) in [5, 5.41) is 0. The first kappa shape index (κ1) is 13.0. The molecule has 0 atom stereocenters. The number of nitrogens with zero attached hydrogens (tertiary/aromatic N) is 1. The van der Waals surface area contributed by atoms with Crippen molar-refractivity contribution in [1.82, 2.24) is 9.97 Å². The maximum atomic E-state index is 11.8. The molecule has 0 radical (unpaired) electrons. The zero-order valence-electron chi connectivity index (χ0n) is 9.96. The Kier molecular flexibility index (Phi) is 4.55. The summed E-state index contributed by atoms with van der Waals surface area (Å²) >= 11 is 2.11. The van der Waals surface area contributed by atoms with Gasteiger partial charge >= 0.3 is 0 Å². The smallest absolute Gasteiger partial charge is 0.264 e. The number of halogens is 1. The van der Waals surface area contributed by atoms with Crippen LogP contribution in [-0.4, -0.2) is 23.7 Å². The highest BCUT2D eigenvalue weighted by molar-refractivity contribution is 14.1. The van der Waals surface area contributed by atoms with Gasteiger partial charge in [0.15, 0.2) is 0 Å². The summed E-state index contributed by atoms with van der Waals surface area (Å²) in [7, 11) is 1.66. The minimum absolute atomic E-state index is 0.00592. The standard InChI is InChI=1S/C12H17IN2O2/c1-17-7-6-9-14-11(8-4-2-3-5-8)10(13)12(16)15-9/h8H,2-7H2,1H3,(H,14,15,16). The Morgan fingerprint density at radius 3 is 2.82 bits per heavy atom. The van der Waals surface area contributed by atoms with Crippen LogP contribution in [0.3, 0.4) is 0 Å². The number of aromatic nitrogens is 2. The first-order valence-electron chi connectivity index (χ1n) is 6.00. The monoisotopic (exact) mass is 348 g/mol. The highest BCUT2D eigenvalue weighted by atomic mass is 127. The third kappa shape index (κ3) is 3.07. The van der Waals surface area contributed by atoms with Crippen LogP contribution in [0.2, 0.25) is 0 Å². The molecule has 17 heavy (non-hydrogen) atoms. The molecule has 1 heterocycles. The van der Waals surface area contributed by atoms with Gasteiger partial charge in [-0.05, 0) is 35.4 Å². The van der Waals surface area contributed by atoms with Crippen molar-refractivity contribution in [3.05, 3.63) is 25.4 Å². The minimum atomic E-state index is -0.00592. The lowest BCUT2D eigenvalue weighted by molar-refractivity contribution is 0.200. The number of hydrogen-bond acceptors (Lipinski definition) is 3. The summed E-state index contributed by atoms with van der Waals surface area (Å²) in [5.74, 6) is 1.23. The Labute approximate surface area is 114 Å². The van der Waals surface area contributed by atoms with Crippen LogP contribution in [0, 0.1) is 3.57 Å². The van der Waals surface area contributed by atoms with Crippen LogP contribution in [0.15, 0.2) is 4.79 Å². The van der Waals surface area contributed by atoms with Gasteiger partial charge in [-0.25, -0.2) is 4.98 Å². The number of aromatic amines is 1. The molecule has 1 N–H and O–H groups in total. The van der Waals surface area contributed by atoms with Crippen molar-refractivity contribution in [3.63, 3.8) is 0 Å². The molecule has 0 aromatic carbocycles. The van der Waals surface area contributed by atoms with Crippen molar-refractivity contribution in [2.75, 3.05) is 13.7 Å². The van der Waals surface area contributed by atoms with E-state index in [0.29, 0.717) is 18.9 Å². The molecule has 5 heteroatoms. The number of nitrogens with one attached hydrogen (secondary N) is 1. The Morgan fingerprint density at radius 1 is 1.47 bits per heavy atom. The lowest BCUT2D eigenvalue weighted by atomic mass is 10.0. The average Bonchev–Trinajstić information content (AvgIpc) is 2.84. The molecule has 2 rings (SSSR count). The lowest BCUT2D eigenvalue weighted by Gasteiger charge is -2.11. The molecule has 1 aliphatic carbocycles. The Bertz CT molecular complexity index is 439. The molecule has 1 saturated carbocycles. The van der Waals surface area contributed by atoms with E-state index in [4.69, 9.17) is 4.74 Å². The first-order chi connectivity index (χ1) is 8.22. The second-order valence-corrected chi connectivity index (χ2v) is 5.51. The van der Waals surface area contributed by atoms with Gasteiger partial charge in [0.1, 0.15) is 5.82 Å². The van der Waals surface area contributed by atoms with Gasteiger partial charge < -0.3 is 9.72 Å². The first-order valence-corrected chi connectivity index (χ1v) is 7.07. The van der Waals surface area contributed by atoms with Crippen molar-refractivity contribution in [3.8, 4) is 0 Å². The van der Waals surface area contributed by atoms with Gasteiger partial charge in [-0.3, -0.25) is 4.79 Å². The van der Waals surface area contributed by atoms with Crippen molar-refractivity contribution < 1.29 is 4.74 Å². The van der Waals surface area contributed by atoms with Gasteiger partial charge in [0, 0.05) is 19.4 Å². The predicted molar refractivity (Wildman–Crippen MR) is 74.4 cm³/mol. The highest BCUT2D eigenvalue weighted by Crippen LogP contribution is 2.34. The minimum Gasteiger partial charge on any atom is -0.384 e. The fraction of sp³-hybridized carbons (Fsp3) is 0.667. The molecule has 0 saturated heterocycles. The van der Waals surface area contributed by atoms with E-state index in [1.165, 1.54) is 12.8 Å². The normalized spacial score (nSPS) is 16.6. The van der Waals surface area contributed by atoms with E-state index in [2.05, 4.69) is 32.6 Å². The summed E-state index contributed by atoms with van der Waals surface area (Å²) < 4.78 is 5.78. The van der Waals surface area contributed by atoms with E-state index < -0.39 is 0 Å². The number of methoxy groups -OCH3 is 1. The van der Waals surface area contributed by atoms with Crippen LogP contribution in [0.25, 0.3) is 0 Å². The van der Waals surface area contributed by atoms with Crippen LogP contribution in [-0.2, 0) is 11.2 Å². The number of hydrogen-bond donors (Lipinski definition) is 1. The van der Waals surface area contributed by atoms with Crippen LogP contribution >= 0.6 is 22.6 Å². The SMILES string of the molecule is COCCc1nc(C2CCCC2)c(I)c(=O)[nH]1. The third-order valence-corrected chi connectivity index (χ3v) is 4.26. The second-order valence-electron chi connectivity index (χ2n) is 4.44. The molecular formula is C12H17IN2O2. The zero-order chi connectivity index (χ0) is 12.3. The van der Waals surface area contributed by atoms with E-state index in [-0.39, 0.29) is 5.56 Å². The molecule has 0 aliphatic heterocycles. The molecule has 1 fully saturated rings. The van der Waals surface area contributed by atoms with E-state index in [1.54, 1.807) is 7.11 Å². The molecule has 0 amide bonds. The van der Waals surface area contributed by atoms with Gasteiger partial charge in [0.2, 0.25) is 0 Å². The van der Waals surface area contributed by atoms with E-state index in [0.717, 1.165) is 27.9 Å². The topological polar surface area (TPSA) is 55.0 Å². The molecule has 94 valence electrons. The largest absolute Gasteiger partial charge is 0.384 e. The van der Waals surface area contributed by atoms with Crippen LogP contribution in [0.5, 0.6) is 0 Å². The van der Waals surface area contributed by atoms with E-state index >= 15 is 0 Å². The molecule has 4 nitrogen and oxygen atoms in total. The highest BCUT2D eigenvalue weighted by Gasteiger charge is 2.22. The fourth-order valence-corrected chi connectivity index (χ4v) is 3.01. The quantitative estimate of drug-likeness (QED) is 0.849. The van der Waals surface area contributed by atoms with E-state index in [9.17, 15) is 4.79 Å². The summed E-state index contributed by atoms with van der Waals surface area (Å²) in [6.07, 6.45) is 5.50. The van der Waals surface area contributed by atoms with Crippen LogP contribution < -0.4 is 5.56 Å². The molecular weight excluding hydrogens is 331 g/mol. The average molecular weight is 348 g/mol. The Hall–Kier alpha value is -0.430. The molecule has 1 aliphatic rings. The Morgan fingerprint density at radius 2 is 2.18 bits per heavy atom. The van der Waals surface area contributed by atoms with Gasteiger partial charge in [-0.2, -0.15) is 0 Å². The molecule has 0 unspecified atom stereocenters. The molecule has 0 spiro atoms. The van der Waals surface area contributed by atoms with Gasteiger partial charge in [-0.1, -0.05) is 12.8 Å². The van der Waals surface area contributed by atoms with E-state index in [1.807, 2.05) is 0 Å². The second kappa shape index (κ2) is 5.95. The number of rotatable bonds is 4. The summed E-state index contributed by atoms with van der Waals surface area (Å²) in [5.41, 5.74) is 0.992. The third-order valence-electron chi connectivity index (χ3n) is 3.22. The molecule has 1 aromatic heterocycles. The van der Waals surface area contributed by atoms with Crippen LogP contribution in [0.4, 0.5) is 0 Å². The summed E-state index contributed by atoms with van der Waals surface area (Å²) in [6, 6.07) is 0. The lowest BCUT2D eigenvalue weighted by Crippen LogP contribution is -2.20. The maximum Gasteiger partial charge on any atom is 0.264 e. The van der Waals surface area contributed by atoms with Crippen molar-refractivity contribution >= 4 is 22.6 Å². The van der Waals surface area contributed by atoms with Gasteiger partial charge in [-0.15, -0.1) is 0 Å². The van der Waals surface area contributed by atoms with Gasteiger partial charge in [0.25, 0.3) is 5.56 Å². The van der Waals surface area contributed by atoms with Crippen molar-refractivity contribution in [1.29, 1.82) is 0 Å². The predicted octanol–water partition coefficient (Wildman–Crippen LogP) is 2.22. The maximum absolute atomic E-state index is 11.8. The zero-order valence-corrected chi connectivity index (χ0v) is 12.1.